The molecule has 0 spiro atoms. The second kappa shape index (κ2) is 10.8. The molecule has 2 heterocycles. The largest absolute Gasteiger partial charge is 0.497 e. The summed E-state index contributed by atoms with van der Waals surface area (Å²) in [6, 6.07) is 26.1. The molecule has 3 aromatic carbocycles. The third-order valence-electron chi connectivity index (χ3n) is 6.01. The quantitative estimate of drug-likeness (QED) is 0.282. The number of rotatable bonds is 8. The Kier molecular flexibility index (Phi) is 7.21. The number of aliphatic imine (C=N–C) groups is 1. The Morgan fingerprint density at radius 2 is 1.69 bits per heavy atom. The molecule has 0 N–H and O–H groups in total. The third-order valence-corrected chi connectivity index (χ3v) is 7.01. The average Bonchev–Trinajstić information content (AvgIpc) is 3.40. The maximum Gasteiger partial charge on any atom is 0.266 e. The van der Waals surface area contributed by atoms with Crippen molar-refractivity contribution < 1.29 is 14.3 Å². The first-order chi connectivity index (χ1) is 17.7. The summed E-state index contributed by atoms with van der Waals surface area (Å²) in [5.41, 5.74) is 4.12. The third kappa shape index (κ3) is 5.08. The fourth-order valence-electron chi connectivity index (χ4n) is 4.18. The predicted octanol–water partition coefficient (Wildman–Crippen LogP) is 5.95. The van der Waals surface area contributed by atoms with E-state index in [4.69, 9.17) is 14.5 Å². The smallest absolute Gasteiger partial charge is 0.266 e. The first-order valence-electron chi connectivity index (χ1n) is 11.7. The Morgan fingerprint density at radius 1 is 0.944 bits per heavy atom. The van der Waals surface area contributed by atoms with Crippen molar-refractivity contribution in [1.82, 2.24) is 9.47 Å². The van der Waals surface area contributed by atoms with Crippen LogP contribution in [0.5, 0.6) is 5.75 Å². The van der Waals surface area contributed by atoms with E-state index in [9.17, 15) is 4.79 Å². The highest BCUT2D eigenvalue weighted by molar-refractivity contribution is 8.18. The lowest BCUT2D eigenvalue weighted by molar-refractivity contribution is -0.122. The molecule has 7 heteroatoms. The molecular formula is C29H27N3O3S. The van der Waals surface area contributed by atoms with Gasteiger partial charge in [-0.3, -0.25) is 9.69 Å². The van der Waals surface area contributed by atoms with Gasteiger partial charge in [0.1, 0.15) is 5.75 Å². The van der Waals surface area contributed by atoms with Gasteiger partial charge in [-0.2, -0.15) is 0 Å². The van der Waals surface area contributed by atoms with Crippen LogP contribution >= 0.6 is 11.8 Å². The van der Waals surface area contributed by atoms with Crippen molar-refractivity contribution in [2.45, 2.75) is 6.54 Å². The van der Waals surface area contributed by atoms with Crippen molar-refractivity contribution in [1.29, 1.82) is 0 Å². The number of carbonyl (C=O) groups excluding carboxylic acids is 1. The Labute approximate surface area is 214 Å². The van der Waals surface area contributed by atoms with Crippen molar-refractivity contribution in [2.75, 3.05) is 27.4 Å². The van der Waals surface area contributed by atoms with Gasteiger partial charge in [0.05, 0.1) is 30.9 Å². The zero-order valence-electron chi connectivity index (χ0n) is 20.3. The maximum atomic E-state index is 13.4. The average molecular weight is 498 g/mol. The van der Waals surface area contributed by atoms with E-state index in [0.717, 1.165) is 34.4 Å². The van der Waals surface area contributed by atoms with Crippen LogP contribution in [0.25, 0.3) is 17.0 Å². The topological polar surface area (TPSA) is 56.1 Å². The van der Waals surface area contributed by atoms with Crippen LogP contribution < -0.4 is 4.74 Å². The molecule has 1 aromatic heterocycles. The molecule has 0 bridgehead atoms. The van der Waals surface area contributed by atoms with Crippen molar-refractivity contribution >= 4 is 45.5 Å². The number of amides is 1. The number of amidine groups is 1. The van der Waals surface area contributed by atoms with Crippen LogP contribution in [-0.2, 0) is 16.1 Å². The molecule has 0 atom stereocenters. The van der Waals surface area contributed by atoms with Gasteiger partial charge in [-0.1, -0.05) is 48.5 Å². The Morgan fingerprint density at radius 3 is 2.44 bits per heavy atom. The highest BCUT2D eigenvalue weighted by Gasteiger charge is 2.33. The fourth-order valence-corrected chi connectivity index (χ4v) is 5.20. The van der Waals surface area contributed by atoms with Gasteiger partial charge in [-0.05, 0) is 53.7 Å². The van der Waals surface area contributed by atoms with Crippen LogP contribution in [0.1, 0.15) is 11.1 Å². The van der Waals surface area contributed by atoms with E-state index in [0.29, 0.717) is 23.2 Å². The standard InChI is InChI=1S/C29H27N3O3S/c1-34-17-16-32-28(33)27(36-29(32)30-23-12-14-24(35-2)15-13-23)18-22-20-31(19-21-8-4-3-5-9-21)26-11-7-6-10-25(22)26/h3-15,18,20H,16-17,19H2,1-2H3. The molecule has 6 nitrogen and oxygen atoms in total. The lowest BCUT2D eigenvalue weighted by Gasteiger charge is -2.14. The fraction of sp³-hybridized carbons (Fsp3) is 0.172. The molecule has 1 aliphatic heterocycles. The molecule has 5 rings (SSSR count). The number of para-hydroxylation sites is 1. The van der Waals surface area contributed by atoms with Crippen molar-refractivity contribution in [3.8, 4) is 5.75 Å². The molecule has 0 aliphatic carbocycles. The van der Waals surface area contributed by atoms with Crippen LogP contribution in [0, 0.1) is 0 Å². The van der Waals surface area contributed by atoms with E-state index in [1.807, 2.05) is 48.5 Å². The second-order valence-corrected chi connectivity index (χ2v) is 9.38. The molecule has 182 valence electrons. The van der Waals surface area contributed by atoms with Gasteiger partial charge in [0, 0.05) is 36.3 Å². The van der Waals surface area contributed by atoms with Crippen molar-refractivity contribution in [3.63, 3.8) is 0 Å². The number of hydrogen-bond donors (Lipinski definition) is 0. The number of aromatic nitrogens is 1. The minimum atomic E-state index is -0.0656. The maximum absolute atomic E-state index is 13.4. The summed E-state index contributed by atoms with van der Waals surface area (Å²) < 4.78 is 12.7. The number of fused-ring (bicyclic) bond motifs is 1. The van der Waals surface area contributed by atoms with Crippen molar-refractivity contribution in [3.05, 3.63) is 101 Å². The Balaban J connectivity index is 1.50. The van der Waals surface area contributed by atoms with Gasteiger partial charge in [0.25, 0.3) is 5.91 Å². The van der Waals surface area contributed by atoms with Crippen LogP contribution in [0.15, 0.2) is 95.0 Å². The summed E-state index contributed by atoms with van der Waals surface area (Å²) in [6.07, 6.45) is 4.10. The number of methoxy groups -OCH3 is 2. The van der Waals surface area contributed by atoms with Crippen LogP contribution in [0.3, 0.4) is 0 Å². The Bertz CT molecular complexity index is 1430. The van der Waals surface area contributed by atoms with Gasteiger partial charge >= 0.3 is 0 Å². The van der Waals surface area contributed by atoms with E-state index in [1.54, 1.807) is 19.1 Å². The summed E-state index contributed by atoms with van der Waals surface area (Å²) in [6.45, 7) is 1.62. The highest BCUT2D eigenvalue weighted by Crippen LogP contribution is 2.36. The number of carbonyl (C=O) groups is 1. The van der Waals surface area contributed by atoms with Crippen LogP contribution in [-0.4, -0.2) is 47.9 Å². The van der Waals surface area contributed by atoms with Crippen LogP contribution in [0.4, 0.5) is 5.69 Å². The number of benzene rings is 3. The van der Waals surface area contributed by atoms with Gasteiger partial charge in [-0.15, -0.1) is 0 Å². The summed E-state index contributed by atoms with van der Waals surface area (Å²) in [4.78, 5) is 20.5. The van der Waals surface area contributed by atoms with Gasteiger partial charge < -0.3 is 14.0 Å². The minimum Gasteiger partial charge on any atom is -0.497 e. The number of hydrogen-bond acceptors (Lipinski definition) is 5. The number of thioether (sulfide) groups is 1. The molecule has 0 saturated carbocycles. The summed E-state index contributed by atoms with van der Waals surface area (Å²) in [5, 5.41) is 1.75. The second-order valence-electron chi connectivity index (χ2n) is 8.37. The van der Waals surface area contributed by atoms with E-state index in [-0.39, 0.29) is 5.91 Å². The summed E-state index contributed by atoms with van der Waals surface area (Å²) in [5.74, 6) is 0.696. The molecule has 1 fully saturated rings. The molecule has 1 amide bonds. The van der Waals surface area contributed by atoms with E-state index < -0.39 is 0 Å². The summed E-state index contributed by atoms with van der Waals surface area (Å²) in [7, 11) is 3.26. The van der Waals surface area contributed by atoms with Gasteiger partial charge in [0.15, 0.2) is 5.17 Å². The molecule has 36 heavy (non-hydrogen) atoms. The van der Waals surface area contributed by atoms with E-state index in [2.05, 4.69) is 47.2 Å². The van der Waals surface area contributed by atoms with Crippen LogP contribution in [0.2, 0.25) is 0 Å². The molecule has 0 unspecified atom stereocenters. The van der Waals surface area contributed by atoms with Crippen molar-refractivity contribution in [2.24, 2.45) is 4.99 Å². The molecule has 1 aliphatic rings. The number of ether oxygens (including phenoxy) is 2. The zero-order chi connectivity index (χ0) is 24.9. The minimum absolute atomic E-state index is 0.0656. The first kappa shape index (κ1) is 23.9. The normalized spacial score (nSPS) is 15.9. The van der Waals surface area contributed by atoms with E-state index in [1.165, 1.54) is 17.3 Å². The van der Waals surface area contributed by atoms with Gasteiger partial charge in [-0.25, -0.2) is 4.99 Å². The summed E-state index contributed by atoms with van der Waals surface area (Å²) >= 11 is 1.39. The first-order valence-corrected chi connectivity index (χ1v) is 12.5. The lowest BCUT2D eigenvalue weighted by Crippen LogP contribution is -2.32. The van der Waals surface area contributed by atoms with E-state index >= 15 is 0 Å². The zero-order valence-corrected chi connectivity index (χ0v) is 21.1. The predicted molar refractivity (Wildman–Crippen MR) is 147 cm³/mol. The lowest BCUT2D eigenvalue weighted by atomic mass is 10.1. The molecule has 1 saturated heterocycles. The molecule has 4 aromatic rings. The number of nitrogens with zero attached hydrogens (tertiary/aromatic N) is 3. The molecule has 0 radical (unpaired) electrons. The Hall–Kier alpha value is -3.81. The SMILES string of the molecule is COCCN1C(=O)C(=Cc2cn(Cc3ccccc3)c3ccccc23)SC1=Nc1ccc(OC)cc1. The van der Waals surface area contributed by atoms with Gasteiger partial charge in [0.2, 0.25) is 0 Å². The molecular weight excluding hydrogens is 470 g/mol. The highest BCUT2D eigenvalue weighted by atomic mass is 32.2. The monoisotopic (exact) mass is 497 g/mol.